The fourth-order valence-corrected chi connectivity index (χ4v) is 3.01. The van der Waals surface area contributed by atoms with Gasteiger partial charge in [-0.15, -0.1) is 0 Å². The minimum atomic E-state index is -0.605. The fourth-order valence-electron chi connectivity index (χ4n) is 3.01. The molecule has 0 unspecified atom stereocenters. The molecule has 1 aliphatic carbocycles. The number of carboxylic acid groups (broad SMARTS) is 1. The molecule has 0 aromatic heterocycles. The molecule has 0 heterocycles. The van der Waals surface area contributed by atoms with Gasteiger partial charge in [-0.1, -0.05) is 32.0 Å². The molecule has 1 aromatic carbocycles. The molecular weight excluding hydrogens is 276 g/mol. The Balaban J connectivity index is 0.000000224. The van der Waals surface area contributed by atoms with Crippen LogP contribution in [0.5, 0.6) is 0 Å². The molecule has 3 nitrogen and oxygen atoms in total. The summed E-state index contributed by atoms with van der Waals surface area (Å²) in [5.41, 5.74) is 3.27. The van der Waals surface area contributed by atoms with Crippen LogP contribution in [0.2, 0.25) is 0 Å². The second kappa shape index (κ2) is 8.72. The van der Waals surface area contributed by atoms with Crippen LogP contribution < -0.4 is 0 Å². The van der Waals surface area contributed by atoms with E-state index >= 15 is 0 Å². The third kappa shape index (κ3) is 5.28. The van der Waals surface area contributed by atoms with Crippen LogP contribution in [0.15, 0.2) is 18.2 Å². The third-order valence-corrected chi connectivity index (χ3v) is 4.51. The van der Waals surface area contributed by atoms with Crippen molar-refractivity contribution in [2.75, 3.05) is 0 Å². The van der Waals surface area contributed by atoms with Crippen LogP contribution in [0.3, 0.4) is 0 Å². The first-order valence-corrected chi connectivity index (χ1v) is 8.19. The number of aliphatic carboxylic acids is 1. The van der Waals surface area contributed by atoms with Crippen molar-refractivity contribution >= 4 is 11.8 Å². The molecule has 0 amide bonds. The molecule has 1 aromatic rings. The molecule has 2 rings (SSSR count). The molecule has 0 saturated heterocycles. The first-order chi connectivity index (χ1) is 10.4. The molecule has 1 saturated carbocycles. The predicted molar refractivity (Wildman–Crippen MR) is 89.3 cm³/mol. The zero-order valence-corrected chi connectivity index (χ0v) is 14.2. The van der Waals surface area contributed by atoms with Crippen LogP contribution >= 0.6 is 0 Å². The quantitative estimate of drug-likeness (QED) is 0.826. The smallest absolute Gasteiger partial charge is 0.306 e. The molecule has 0 radical (unpaired) electrons. The Morgan fingerprint density at radius 2 is 1.77 bits per heavy atom. The normalized spacial score (nSPS) is 20.7. The molecule has 0 atom stereocenters. The molecule has 0 bridgehead atoms. The summed E-state index contributed by atoms with van der Waals surface area (Å²) >= 11 is 0. The highest BCUT2D eigenvalue weighted by Crippen LogP contribution is 2.28. The van der Waals surface area contributed by atoms with Gasteiger partial charge in [0.25, 0.3) is 0 Å². The van der Waals surface area contributed by atoms with E-state index in [0.717, 1.165) is 43.6 Å². The van der Waals surface area contributed by atoms with Gasteiger partial charge in [-0.3, -0.25) is 9.59 Å². The summed E-state index contributed by atoms with van der Waals surface area (Å²) in [6, 6.07) is 5.88. The molecule has 22 heavy (non-hydrogen) atoms. The summed E-state index contributed by atoms with van der Waals surface area (Å²) in [7, 11) is 0. The predicted octanol–water partition coefficient (Wildman–Crippen LogP) is 4.66. The van der Waals surface area contributed by atoms with Crippen molar-refractivity contribution in [2.45, 2.75) is 59.8 Å². The Kier molecular flexibility index (Phi) is 7.30. The maximum absolute atomic E-state index is 11.2. The van der Waals surface area contributed by atoms with E-state index in [1.807, 2.05) is 25.1 Å². The van der Waals surface area contributed by atoms with Gasteiger partial charge in [-0.2, -0.15) is 0 Å². The summed E-state index contributed by atoms with van der Waals surface area (Å²) < 4.78 is 0. The third-order valence-electron chi connectivity index (χ3n) is 4.51. The maximum atomic E-state index is 11.2. The van der Waals surface area contributed by atoms with Crippen LogP contribution in [-0.4, -0.2) is 16.9 Å². The Labute approximate surface area is 133 Å². The zero-order valence-electron chi connectivity index (χ0n) is 14.2. The standard InChI is InChI=1S/C11H14O.C8H14O2/c1-4-10-8(2)6-5-7-11(10)9(3)12;1-6-2-4-7(5-3-6)8(9)10/h5-7H,4H2,1-3H3;6-7H,2-5H2,1H3,(H,9,10). The van der Waals surface area contributed by atoms with Gasteiger partial charge in [-0.25, -0.2) is 0 Å². The molecule has 1 aliphatic rings. The van der Waals surface area contributed by atoms with E-state index in [1.165, 1.54) is 11.1 Å². The number of hydrogen-bond donors (Lipinski definition) is 1. The first-order valence-electron chi connectivity index (χ1n) is 8.19. The second-order valence-electron chi connectivity index (χ2n) is 6.31. The van der Waals surface area contributed by atoms with Gasteiger partial charge in [0.1, 0.15) is 0 Å². The van der Waals surface area contributed by atoms with Crippen LogP contribution in [0.1, 0.15) is 67.9 Å². The van der Waals surface area contributed by atoms with Crippen LogP contribution in [0.25, 0.3) is 0 Å². The van der Waals surface area contributed by atoms with Gasteiger partial charge in [0.2, 0.25) is 0 Å². The summed E-state index contributed by atoms with van der Waals surface area (Å²) in [4.78, 5) is 21.6. The molecular formula is C19H28O3. The van der Waals surface area contributed by atoms with E-state index in [0.29, 0.717) is 0 Å². The first kappa shape index (κ1) is 18.4. The van der Waals surface area contributed by atoms with Crippen molar-refractivity contribution in [3.05, 3.63) is 34.9 Å². The monoisotopic (exact) mass is 304 g/mol. The highest BCUT2D eigenvalue weighted by atomic mass is 16.4. The van der Waals surface area contributed by atoms with Crippen molar-refractivity contribution < 1.29 is 14.7 Å². The lowest BCUT2D eigenvalue weighted by molar-refractivity contribution is -0.143. The molecule has 122 valence electrons. The van der Waals surface area contributed by atoms with Crippen molar-refractivity contribution in [1.29, 1.82) is 0 Å². The molecule has 1 fully saturated rings. The van der Waals surface area contributed by atoms with Crippen molar-refractivity contribution in [1.82, 2.24) is 0 Å². The summed E-state index contributed by atoms with van der Waals surface area (Å²) in [6.45, 7) is 7.94. The van der Waals surface area contributed by atoms with Gasteiger partial charge in [0.15, 0.2) is 5.78 Å². The van der Waals surface area contributed by atoms with E-state index in [-0.39, 0.29) is 11.7 Å². The Morgan fingerprint density at radius 1 is 1.18 bits per heavy atom. The average Bonchev–Trinajstić information content (AvgIpc) is 2.48. The van der Waals surface area contributed by atoms with E-state index in [1.54, 1.807) is 6.92 Å². The number of rotatable bonds is 3. The highest BCUT2D eigenvalue weighted by Gasteiger charge is 2.23. The summed E-state index contributed by atoms with van der Waals surface area (Å²) in [6.07, 6.45) is 4.89. The van der Waals surface area contributed by atoms with Gasteiger partial charge >= 0.3 is 5.97 Å². The SMILES string of the molecule is CC1CCC(C(=O)O)CC1.CCc1c(C)cccc1C(C)=O. The highest BCUT2D eigenvalue weighted by molar-refractivity contribution is 5.95. The number of aryl methyl sites for hydroxylation is 1. The lowest BCUT2D eigenvalue weighted by atomic mass is 9.83. The largest absolute Gasteiger partial charge is 0.481 e. The lowest BCUT2D eigenvalue weighted by Crippen LogP contribution is -2.19. The van der Waals surface area contributed by atoms with Crippen LogP contribution in [0.4, 0.5) is 0 Å². The number of carbonyl (C=O) groups excluding carboxylic acids is 1. The summed E-state index contributed by atoms with van der Waals surface area (Å²) in [5, 5.41) is 8.62. The van der Waals surface area contributed by atoms with Gasteiger partial charge < -0.3 is 5.11 Å². The van der Waals surface area contributed by atoms with Crippen LogP contribution in [-0.2, 0) is 11.2 Å². The Bertz CT molecular complexity index is 511. The van der Waals surface area contributed by atoms with Crippen LogP contribution in [0, 0.1) is 18.8 Å². The number of ketones is 1. The minimum absolute atomic E-state index is 0.0452. The topological polar surface area (TPSA) is 54.4 Å². The molecule has 1 N–H and O–H groups in total. The molecule has 3 heteroatoms. The van der Waals surface area contributed by atoms with E-state index in [4.69, 9.17) is 5.11 Å². The average molecular weight is 304 g/mol. The molecule has 0 spiro atoms. The van der Waals surface area contributed by atoms with Gasteiger partial charge in [0.05, 0.1) is 5.92 Å². The van der Waals surface area contributed by atoms with E-state index in [9.17, 15) is 9.59 Å². The van der Waals surface area contributed by atoms with Crippen molar-refractivity contribution in [3.63, 3.8) is 0 Å². The Hall–Kier alpha value is -1.64. The van der Waals surface area contributed by atoms with Crippen molar-refractivity contribution in [3.8, 4) is 0 Å². The van der Waals surface area contributed by atoms with Gasteiger partial charge in [-0.05, 0) is 63.0 Å². The van der Waals surface area contributed by atoms with Crippen molar-refractivity contribution in [2.24, 2.45) is 11.8 Å². The number of benzene rings is 1. The van der Waals surface area contributed by atoms with Gasteiger partial charge in [0, 0.05) is 5.56 Å². The van der Waals surface area contributed by atoms with E-state index < -0.39 is 5.97 Å². The lowest BCUT2D eigenvalue weighted by Gasteiger charge is -2.22. The minimum Gasteiger partial charge on any atom is -0.481 e. The maximum Gasteiger partial charge on any atom is 0.306 e. The number of carboxylic acids is 1. The molecule has 0 aliphatic heterocycles. The summed E-state index contributed by atoms with van der Waals surface area (Å²) in [5.74, 6) is 0.259. The van der Waals surface area contributed by atoms with E-state index in [2.05, 4.69) is 13.8 Å². The number of carbonyl (C=O) groups is 2. The number of Topliss-reactive ketones (excluding diaryl/α,β-unsaturated/α-hetero) is 1. The second-order valence-corrected chi connectivity index (χ2v) is 6.31. The Morgan fingerprint density at radius 3 is 2.18 bits per heavy atom. The number of hydrogen-bond acceptors (Lipinski definition) is 2. The fraction of sp³-hybridized carbons (Fsp3) is 0.579. The zero-order chi connectivity index (χ0) is 16.7.